The fourth-order valence-corrected chi connectivity index (χ4v) is 1.48. The highest BCUT2D eigenvalue weighted by Crippen LogP contribution is 2.13. The minimum atomic E-state index is 0.0243. The van der Waals surface area contributed by atoms with E-state index in [4.69, 9.17) is 0 Å². The quantitative estimate of drug-likeness (QED) is 0.647. The van der Waals surface area contributed by atoms with Gasteiger partial charge in [0.2, 0.25) is 0 Å². The zero-order valence-corrected chi connectivity index (χ0v) is 7.43. The van der Waals surface area contributed by atoms with E-state index in [1.54, 1.807) is 4.68 Å². The normalized spacial score (nSPS) is 11.0. The number of nitrogens with zero attached hydrogens (tertiary/aromatic N) is 1. The molecule has 0 aliphatic carbocycles. The average molecular weight is 154 g/mol. The van der Waals surface area contributed by atoms with Crippen molar-refractivity contribution in [1.82, 2.24) is 9.78 Å². The lowest BCUT2D eigenvalue weighted by Gasteiger charge is -2.06. The third kappa shape index (κ3) is 1.23. The summed E-state index contributed by atoms with van der Waals surface area (Å²) >= 11 is 0. The Hall–Kier alpha value is -0.990. The molecule has 0 saturated heterocycles. The van der Waals surface area contributed by atoms with E-state index in [1.807, 2.05) is 14.0 Å². The molecule has 1 aromatic rings. The Morgan fingerprint density at radius 3 is 2.18 bits per heavy atom. The number of aryl methyl sites for hydroxylation is 1. The molecule has 1 N–H and O–H groups in total. The van der Waals surface area contributed by atoms with Crippen LogP contribution in [-0.4, -0.2) is 9.78 Å². The van der Waals surface area contributed by atoms with Gasteiger partial charge in [-0.3, -0.25) is 14.6 Å². The van der Waals surface area contributed by atoms with Crippen molar-refractivity contribution in [2.24, 2.45) is 7.05 Å². The molecule has 0 aliphatic rings. The molecule has 0 atom stereocenters. The molecule has 3 heteroatoms. The van der Waals surface area contributed by atoms with Gasteiger partial charge >= 0.3 is 0 Å². The predicted molar refractivity (Wildman–Crippen MR) is 44.9 cm³/mol. The van der Waals surface area contributed by atoms with Crippen molar-refractivity contribution in [3.05, 3.63) is 21.6 Å². The van der Waals surface area contributed by atoms with E-state index in [2.05, 4.69) is 18.9 Å². The lowest BCUT2D eigenvalue weighted by molar-refractivity contribution is 0.663. The van der Waals surface area contributed by atoms with Gasteiger partial charge < -0.3 is 0 Å². The van der Waals surface area contributed by atoms with Gasteiger partial charge in [0.25, 0.3) is 5.56 Å². The lowest BCUT2D eigenvalue weighted by Crippen LogP contribution is -2.03. The van der Waals surface area contributed by atoms with Crippen LogP contribution in [0.5, 0.6) is 0 Å². The predicted octanol–water partition coefficient (Wildman–Crippen LogP) is 1.15. The molecule has 0 amide bonds. The van der Waals surface area contributed by atoms with E-state index >= 15 is 0 Å². The van der Waals surface area contributed by atoms with Gasteiger partial charge in [0.05, 0.1) is 0 Å². The van der Waals surface area contributed by atoms with Crippen LogP contribution in [0.3, 0.4) is 0 Å². The molecule has 0 aromatic carbocycles. The summed E-state index contributed by atoms with van der Waals surface area (Å²) in [6.07, 6.45) is 0. The summed E-state index contributed by atoms with van der Waals surface area (Å²) in [5, 5.41) is 2.72. The third-order valence-corrected chi connectivity index (χ3v) is 1.90. The molecular weight excluding hydrogens is 140 g/mol. The van der Waals surface area contributed by atoms with Crippen LogP contribution in [0, 0.1) is 6.92 Å². The summed E-state index contributed by atoms with van der Waals surface area (Å²) in [5.41, 5.74) is 1.95. The monoisotopic (exact) mass is 154 g/mol. The van der Waals surface area contributed by atoms with Crippen LogP contribution in [0.25, 0.3) is 0 Å². The number of hydrogen-bond donors (Lipinski definition) is 1. The Morgan fingerprint density at radius 2 is 2.00 bits per heavy atom. The summed E-state index contributed by atoms with van der Waals surface area (Å²) in [6, 6.07) is 0. The maximum atomic E-state index is 11.1. The first-order valence-corrected chi connectivity index (χ1v) is 3.79. The fraction of sp³-hybridized carbons (Fsp3) is 0.625. The van der Waals surface area contributed by atoms with Crippen LogP contribution in [0.2, 0.25) is 0 Å². The van der Waals surface area contributed by atoms with Gasteiger partial charge in [-0.1, -0.05) is 13.8 Å². The number of aromatic amines is 1. The van der Waals surface area contributed by atoms with Crippen LogP contribution < -0.4 is 5.56 Å². The smallest absolute Gasteiger partial charge is 0.267 e. The Kier molecular flexibility index (Phi) is 1.89. The summed E-state index contributed by atoms with van der Waals surface area (Å²) in [7, 11) is 1.86. The molecule has 62 valence electrons. The van der Waals surface area contributed by atoms with Crippen molar-refractivity contribution in [2.45, 2.75) is 26.7 Å². The second-order valence-corrected chi connectivity index (χ2v) is 3.16. The maximum absolute atomic E-state index is 11.1. The largest absolute Gasteiger partial charge is 0.292 e. The zero-order chi connectivity index (χ0) is 8.59. The molecule has 0 radical (unpaired) electrons. The van der Waals surface area contributed by atoms with Crippen LogP contribution in [0.15, 0.2) is 4.79 Å². The zero-order valence-electron chi connectivity index (χ0n) is 7.43. The van der Waals surface area contributed by atoms with Crippen molar-refractivity contribution >= 4 is 0 Å². The molecule has 1 heterocycles. The van der Waals surface area contributed by atoms with Gasteiger partial charge in [-0.15, -0.1) is 0 Å². The van der Waals surface area contributed by atoms with Crippen LogP contribution in [0.4, 0.5) is 0 Å². The van der Waals surface area contributed by atoms with Gasteiger partial charge in [0.1, 0.15) is 0 Å². The highest BCUT2D eigenvalue weighted by atomic mass is 16.1. The SMILES string of the molecule is Cc1c(C(C)C)n(C)[nH]c1=O. The Morgan fingerprint density at radius 1 is 1.45 bits per heavy atom. The van der Waals surface area contributed by atoms with E-state index in [0.717, 1.165) is 11.3 Å². The second-order valence-electron chi connectivity index (χ2n) is 3.16. The summed E-state index contributed by atoms with van der Waals surface area (Å²) in [6.45, 7) is 6.01. The maximum Gasteiger partial charge on any atom is 0.267 e. The standard InChI is InChI=1S/C8H14N2O/c1-5(2)7-6(3)8(11)9-10(7)4/h5H,1-4H3,(H,9,11). The number of rotatable bonds is 1. The first-order chi connectivity index (χ1) is 5.04. The molecule has 0 spiro atoms. The summed E-state index contributed by atoms with van der Waals surface area (Å²) in [4.78, 5) is 11.1. The van der Waals surface area contributed by atoms with Crippen molar-refractivity contribution in [2.75, 3.05) is 0 Å². The second kappa shape index (κ2) is 2.57. The highest BCUT2D eigenvalue weighted by molar-refractivity contribution is 5.18. The van der Waals surface area contributed by atoms with E-state index in [9.17, 15) is 4.79 Å². The Bertz CT molecular complexity index is 306. The molecule has 3 nitrogen and oxygen atoms in total. The molecule has 1 aromatic heterocycles. The van der Waals surface area contributed by atoms with Crippen LogP contribution >= 0.6 is 0 Å². The topological polar surface area (TPSA) is 37.8 Å². The third-order valence-electron chi connectivity index (χ3n) is 1.90. The highest BCUT2D eigenvalue weighted by Gasteiger charge is 2.10. The number of hydrogen-bond acceptors (Lipinski definition) is 1. The molecule has 0 saturated carbocycles. The Labute approximate surface area is 66.0 Å². The first kappa shape index (κ1) is 8.11. The van der Waals surface area contributed by atoms with Crippen molar-refractivity contribution in [3.63, 3.8) is 0 Å². The van der Waals surface area contributed by atoms with Crippen LogP contribution in [0.1, 0.15) is 31.0 Å². The molecule has 0 aliphatic heterocycles. The molecule has 11 heavy (non-hydrogen) atoms. The van der Waals surface area contributed by atoms with Crippen molar-refractivity contribution in [3.8, 4) is 0 Å². The van der Waals surface area contributed by atoms with Gasteiger partial charge in [-0.25, -0.2) is 0 Å². The summed E-state index contributed by atoms with van der Waals surface area (Å²) in [5.74, 6) is 0.402. The minimum absolute atomic E-state index is 0.0243. The van der Waals surface area contributed by atoms with Gasteiger partial charge in [-0.2, -0.15) is 0 Å². The first-order valence-electron chi connectivity index (χ1n) is 3.79. The van der Waals surface area contributed by atoms with E-state index < -0.39 is 0 Å². The van der Waals surface area contributed by atoms with Crippen molar-refractivity contribution in [1.29, 1.82) is 0 Å². The number of aromatic nitrogens is 2. The fourth-order valence-electron chi connectivity index (χ4n) is 1.48. The number of H-pyrrole nitrogens is 1. The molecule has 0 unspecified atom stereocenters. The van der Waals surface area contributed by atoms with Gasteiger partial charge in [0, 0.05) is 18.3 Å². The molecule has 1 rings (SSSR count). The molecule has 0 bridgehead atoms. The van der Waals surface area contributed by atoms with E-state index in [1.165, 1.54) is 0 Å². The molecule has 0 fully saturated rings. The van der Waals surface area contributed by atoms with Crippen LogP contribution in [-0.2, 0) is 7.05 Å². The van der Waals surface area contributed by atoms with Crippen molar-refractivity contribution < 1.29 is 0 Å². The average Bonchev–Trinajstić information content (AvgIpc) is 2.07. The van der Waals surface area contributed by atoms with E-state index in [-0.39, 0.29) is 5.56 Å². The Balaban J connectivity index is 3.34. The molecular formula is C8H14N2O. The van der Waals surface area contributed by atoms with E-state index in [0.29, 0.717) is 5.92 Å². The number of nitrogens with one attached hydrogen (secondary N) is 1. The lowest BCUT2D eigenvalue weighted by atomic mass is 10.1. The minimum Gasteiger partial charge on any atom is -0.292 e. The van der Waals surface area contributed by atoms with Gasteiger partial charge in [-0.05, 0) is 12.8 Å². The summed E-state index contributed by atoms with van der Waals surface area (Å²) < 4.78 is 1.79. The van der Waals surface area contributed by atoms with Gasteiger partial charge in [0.15, 0.2) is 0 Å².